The Bertz CT molecular complexity index is 1170. The molecule has 6 nitrogen and oxygen atoms in total. The van der Waals surface area contributed by atoms with Gasteiger partial charge >= 0.3 is 0 Å². The Kier molecular flexibility index (Phi) is 4.88. The fourth-order valence-electron chi connectivity index (χ4n) is 4.01. The van der Waals surface area contributed by atoms with Gasteiger partial charge in [0.2, 0.25) is 0 Å². The zero-order valence-corrected chi connectivity index (χ0v) is 16.9. The van der Waals surface area contributed by atoms with Crippen molar-refractivity contribution in [2.24, 2.45) is 22.6 Å². The summed E-state index contributed by atoms with van der Waals surface area (Å²) >= 11 is 0. The Balaban J connectivity index is 1.40. The summed E-state index contributed by atoms with van der Waals surface area (Å²) in [5, 5.41) is 0. The summed E-state index contributed by atoms with van der Waals surface area (Å²) in [7, 11) is 0. The fourth-order valence-corrected chi connectivity index (χ4v) is 4.01. The lowest BCUT2D eigenvalue weighted by Gasteiger charge is -2.33. The van der Waals surface area contributed by atoms with Gasteiger partial charge in [-0.05, 0) is 42.9 Å². The summed E-state index contributed by atoms with van der Waals surface area (Å²) in [6, 6.07) is 3.34. The van der Waals surface area contributed by atoms with Crippen LogP contribution in [0, 0.1) is 29.5 Å². The number of hydrogen-bond donors (Lipinski definition) is 1. The van der Waals surface area contributed by atoms with Gasteiger partial charge in [0, 0.05) is 23.8 Å². The average molecular weight is 440 g/mol. The van der Waals surface area contributed by atoms with Crippen molar-refractivity contribution >= 4 is 11.8 Å². The molecule has 2 N–H and O–H groups in total. The first-order valence-electron chi connectivity index (χ1n) is 10.3. The minimum Gasteiger partial charge on any atom is -0.462 e. The van der Waals surface area contributed by atoms with Crippen LogP contribution in [-0.4, -0.2) is 34.3 Å². The van der Waals surface area contributed by atoms with E-state index in [0.29, 0.717) is 23.6 Å². The molecule has 3 aliphatic rings. The maximum atomic E-state index is 14.7. The lowest BCUT2D eigenvalue weighted by molar-refractivity contribution is 0.0176. The van der Waals surface area contributed by atoms with E-state index in [0.717, 1.165) is 18.9 Å². The van der Waals surface area contributed by atoms with E-state index in [4.69, 9.17) is 10.5 Å². The van der Waals surface area contributed by atoms with Crippen LogP contribution in [0.3, 0.4) is 0 Å². The predicted octanol–water partition coefficient (Wildman–Crippen LogP) is 3.00. The number of carbonyl (C=O) groups is 1. The van der Waals surface area contributed by atoms with Crippen molar-refractivity contribution in [3.63, 3.8) is 0 Å². The first-order valence-corrected chi connectivity index (χ1v) is 10.3. The maximum Gasteiger partial charge on any atom is 0.283 e. The van der Waals surface area contributed by atoms with Gasteiger partial charge in [0.25, 0.3) is 12.4 Å². The molecule has 2 fully saturated rings. The minimum absolute atomic E-state index is 0.118. The van der Waals surface area contributed by atoms with Crippen molar-refractivity contribution in [3.05, 3.63) is 58.9 Å². The molecule has 2 heterocycles. The smallest absolute Gasteiger partial charge is 0.283 e. The van der Waals surface area contributed by atoms with E-state index in [1.54, 1.807) is 0 Å². The number of aromatic nitrogens is 2. The fraction of sp³-hybridized carbons (Fsp3) is 0.391. The van der Waals surface area contributed by atoms with E-state index in [1.807, 2.05) is 0 Å². The van der Waals surface area contributed by atoms with Gasteiger partial charge in [-0.15, -0.1) is 0 Å². The number of Topliss-reactive ketones (excluding diaryl/α,β-unsaturated/α-hetero) is 1. The average Bonchev–Trinajstić information content (AvgIpc) is 3.68. The van der Waals surface area contributed by atoms with Gasteiger partial charge in [0.05, 0.1) is 12.4 Å². The summed E-state index contributed by atoms with van der Waals surface area (Å²) in [5.74, 6) is 4.52. The number of halogens is 3. The van der Waals surface area contributed by atoms with Crippen molar-refractivity contribution in [1.29, 1.82) is 0 Å². The number of alkyl halides is 2. The van der Waals surface area contributed by atoms with Crippen LogP contribution < -0.4 is 5.73 Å². The quantitative estimate of drug-likeness (QED) is 0.570. The maximum absolute atomic E-state index is 14.7. The SMILES string of the molecule is NC1=N[C@@](c2cc(CC(=O)c3cnc(C#CC4CC4)cn3)ccc2F)(C(F)F)[C@H]2C[C@H]2O1. The molecule has 0 bridgehead atoms. The number of amidine groups is 1. The highest BCUT2D eigenvalue weighted by molar-refractivity contribution is 5.95. The van der Waals surface area contributed by atoms with Crippen LogP contribution in [0.1, 0.15) is 46.6 Å². The molecule has 0 amide bonds. The standard InChI is InChI=1S/C23H19F3N4O2/c24-17-6-4-13(7-15(17)23(21(25)26)16-9-20(16)32-22(27)30-23)8-19(31)18-11-28-14(10-29-18)5-3-12-1-2-12/h4,6-7,10-12,16,20-21H,1-2,8-9H2,(H2,27,30)/t16-,20+,23+/m0/s1. The second-order valence-electron chi connectivity index (χ2n) is 8.32. The van der Waals surface area contributed by atoms with Gasteiger partial charge in [0.15, 0.2) is 11.3 Å². The molecule has 0 saturated heterocycles. The number of benzene rings is 1. The molecule has 2 aromatic rings. The Morgan fingerprint density at radius 3 is 2.78 bits per heavy atom. The van der Waals surface area contributed by atoms with Crippen LogP contribution in [0.4, 0.5) is 13.2 Å². The Morgan fingerprint density at radius 1 is 1.28 bits per heavy atom. The number of ether oxygens (including phenoxy) is 1. The number of nitrogens with zero attached hydrogens (tertiary/aromatic N) is 3. The third-order valence-corrected chi connectivity index (χ3v) is 5.94. The van der Waals surface area contributed by atoms with Gasteiger partial charge in [-0.2, -0.15) is 0 Å². The van der Waals surface area contributed by atoms with Gasteiger partial charge in [-0.3, -0.25) is 4.79 Å². The summed E-state index contributed by atoms with van der Waals surface area (Å²) < 4.78 is 48.4. The molecule has 2 saturated carbocycles. The summed E-state index contributed by atoms with van der Waals surface area (Å²) in [6.45, 7) is 0. The second-order valence-corrected chi connectivity index (χ2v) is 8.32. The monoisotopic (exact) mass is 440 g/mol. The van der Waals surface area contributed by atoms with Crippen LogP contribution in [0.15, 0.2) is 35.6 Å². The molecule has 2 aliphatic carbocycles. The summed E-state index contributed by atoms with van der Waals surface area (Å²) in [6.07, 6.45) is 1.60. The van der Waals surface area contributed by atoms with Crippen LogP contribution >= 0.6 is 0 Å². The molecule has 9 heteroatoms. The number of carbonyl (C=O) groups excluding carboxylic acids is 1. The number of fused-ring (bicyclic) bond motifs is 1. The molecule has 32 heavy (non-hydrogen) atoms. The van der Waals surface area contributed by atoms with Crippen molar-refractivity contribution in [1.82, 2.24) is 9.97 Å². The first kappa shape index (κ1) is 20.5. The number of nitrogens with two attached hydrogens (primary N) is 1. The third-order valence-electron chi connectivity index (χ3n) is 5.94. The van der Waals surface area contributed by atoms with Crippen molar-refractivity contribution in [2.45, 2.75) is 43.8 Å². The minimum atomic E-state index is -2.99. The first-order chi connectivity index (χ1) is 15.4. The molecule has 1 aromatic carbocycles. The molecule has 3 atom stereocenters. The highest BCUT2D eigenvalue weighted by Crippen LogP contribution is 2.56. The van der Waals surface area contributed by atoms with E-state index in [9.17, 15) is 18.0 Å². The molecule has 0 unspecified atom stereocenters. The lowest BCUT2D eigenvalue weighted by Crippen LogP contribution is -2.43. The molecule has 164 valence electrons. The molecule has 0 spiro atoms. The normalized spacial score (nSPS) is 25.8. The number of rotatable bonds is 5. The molecule has 1 aromatic heterocycles. The summed E-state index contributed by atoms with van der Waals surface area (Å²) in [5.41, 5.74) is 4.14. The third kappa shape index (κ3) is 3.70. The highest BCUT2D eigenvalue weighted by atomic mass is 19.3. The van der Waals surface area contributed by atoms with Gasteiger partial charge in [-0.25, -0.2) is 28.1 Å². The molecular weight excluding hydrogens is 421 g/mol. The summed E-state index contributed by atoms with van der Waals surface area (Å²) in [4.78, 5) is 24.8. The van der Waals surface area contributed by atoms with E-state index >= 15 is 0 Å². The van der Waals surface area contributed by atoms with E-state index in [-0.39, 0.29) is 29.5 Å². The zero-order valence-electron chi connectivity index (χ0n) is 16.9. The van der Waals surface area contributed by atoms with Crippen LogP contribution in [-0.2, 0) is 16.7 Å². The largest absolute Gasteiger partial charge is 0.462 e. The van der Waals surface area contributed by atoms with Crippen LogP contribution in [0.5, 0.6) is 0 Å². The number of ketones is 1. The Morgan fingerprint density at radius 2 is 2.09 bits per heavy atom. The lowest BCUT2D eigenvalue weighted by atomic mass is 9.83. The predicted molar refractivity (Wildman–Crippen MR) is 108 cm³/mol. The van der Waals surface area contributed by atoms with Crippen molar-refractivity contribution in [3.8, 4) is 11.8 Å². The zero-order chi connectivity index (χ0) is 22.5. The molecule has 1 aliphatic heterocycles. The molecule has 0 radical (unpaired) electrons. The Hall–Kier alpha value is -3.41. The van der Waals surface area contributed by atoms with E-state index in [2.05, 4.69) is 26.8 Å². The highest BCUT2D eigenvalue weighted by Gasteiger charge is 2.64. The second kappa shape index (κ2) is 7.62. The van der Waals surface area contributed by atoms with E-state index in [1.165, 1.54) is 24.5 Å². The number of aliphatic imine (C=N–C) groups is 1. The van der Waals surface area contributed by atoms with Crippen molar-refractivity contribution in [2.75, 3.05) is 0 Å². The molecular formula is C23H19F3N4O2. The van der Waals surface area contributed by atoms with Crippen LogP contribution in [0.2, 0.25) is 0 Å². The van der Waals surface area contributed by atoms with Gasteiger partial charge in [0.1, 0.15) is 23.3 Å². The van der Waals surface area contributed by atoms with Crippen molar-refractivity contribution < 1.29 is 22.7 Å². The van der Waals surface area contributed by atoms with Crippen LogP contribution in [0.25, 0.3) is 0 Å². The van der Waals surface area contributed by atoms with Gasteiger partial charge in [-0.1, -0.05) is 12.0 Å². The van der Waals surface area contributed by atoms with Gasteiger partial charge < -0.3 is 10.5 Å². The topological polar surface area (TPSA) is 90.5 Å². The van der Waals surface area contributed by atoms with E-state index < -0.39 is 29.8 Å². The Labute approximate surface area is 182 Å². The molecule has 5 rings (SSSR count). The number of hydrogen-bond acceptors (Lipinski definition) is 6.